The number of aromatic nitrogens is 2. The quantitative estimate of drug-likeness (QED) is 0.826. The van der Waals surface area contributed by atoms with Crippen LogP contribution in [0.25, 0.3) is 11.0 Å². The topological polar surface area (TPSA) is 66.0 Å². The van der Waals surface area contributed by atoms with Crippen molar-refractivity contribution in [3.05, 3.63) is 29.6 Å². The van der Waals surface area contributed by atoms with Crippen molar-refractivity contribution < 1.29 is 9.90 Å². The number of carboxylic acid groups (broad SMARTS) is 1. The average Bonchev–Trinajstić information content (AvgIpc) is 2.95. The summed E-state index contributed by atoms with van der Waals surface area (Å²) in [7, 11) is 0. The van der Waals surface area contributed by atoms with Gasteiger partial charge in [0.25, 0.3) is 0 Å². The number of fused-ring (bicyclic) bond motifs is 1. The first-order valence-electron chi connectivity index (χ1n) is 5.45. The van der Waals surface area contributed by atoms with Crippen LogP contribution in [0, 0.1) is 5.92 Å². The molecule has 1 aliphatic carbocycles. The Morgan fingerprint density at radius 1 is 1.50 bits per heavy atom. The summed E-state index contributed by atoms with van der Waals surface area (Å²) in [5.41, 5.74) is 1.66. The largest absolute Gasteiger partial charge is 0.478 e. The summed E-state index contributed by atoms with van der Waals surface area (Å²) >= 11 is 0. The minimum absolute atomic E-state index is 0.274. The van der Waals surface area contributed by atoms with E-state index in [0.717, 1.165) is 23.7 Å². The summed E-state index contributed by atoms with van der Waals surface area (Å²) in [6.45, 7) is 0. The average molecular weight is 216 g/mol. The number of aromatic carboxylic acids is 1. The summed E-state index contributed by atoms with van der Waals surface area (Å²) in [6, 6.07) is 5.20. The molecule has 0 aliphatic heterocycles. The Labute approximate surface area is 92.3 Å². The molecule has 4 heteroatoms. The first-order valence-corrected chi connectivity index (χ1v) is 5.45. The molecule has 0 radical (unpaired) electrons. The fraction of sp³-hybridized carbons (Fsp3) is 0.333. The van der Waals surface area contributed by atoms with Crippen LogP contribution in [-0.4, -0.2) is 21.0 Å². The van der Waals surface area contributed by atoms with Gasteiger partial charge in [-0.3, -0.25) is 0 Å². The lowest BCUT2D eigenvalue weighted by Gasteiger charge is -1.93. The lowest BCUT2D eigenvalue weighted by Crippen LogP contribution is -1.97. The van der Waals surface area contributed by atoms with Gasteiger partial charge in [0.15, 0.2) is 0 Å². The summed E-state index contributed by atoms with van der Waals surface area (Å²) in [5, 5.41) is 9.03. The summed E-state index contributed by atoms with van der Waals surface area (Å²) < 4.78 is 0. The maximum Gasteiger partial charge on any atom is 0.337 e. The number of benzene rings is 1. The first-order chi connectivity index (χ1) is 7.74. The highest BCUT2D eigenvalue weighted by Gasteiger charge is 2.23. The molecule has 1 aromatic carbocycles. The highest BCUT2D eigenvalue weighted by molar-refractivity contribution is 6.00. The third-order valence-corrected chi connectivity index (χ3v) is 2.97. The Kier molecular flexibility index (Phi) is 1.96. The van der Waals surface area contributed by atoms with E-state index in [9.17, 15) is 4.79 Å². The Hall–Kier alpha value is -1.84. The molecule has 0 atom stereocenters. The number of imidazole rings is 1. The number of carbonyl (C=O) groups is 1. The molecule has 0 bridgehead atoms. The number of H-pyrrole nitrogens is 1. The van der Waals surface area contributed by atoms with Gasteiger partial charge in [-0.15, -0.1) is 0 Å². The molecule has 1 fully saturated rings. The van der Waals surface area contributed by atoms with Crippen LogP contribution in [0.3, 0.4) is 0 Å². The Balaban J connectivity index is 2.07. The van der Waals surface area contributed by atoms with Crippen molar-refractivity contribution in [2.75, 3.05) is 0 Å². The molecule has 4 nitrogen and oxygen atoms in total. The van der Waals surface area contributed by atoms with E-state index in [2.05, 4.69) is 9.97 Å². The number of hydrogen-bond acceptors (Lipinski definition) is 2. The molecule has 0 amide bonds. The molecular weight excluding hydrogens is 204 g/mol. The molecule has 1 aromatic heterocycles. The monoisotopic (exact) mass is 216 g/mol. The molecular formula is C12H12N2O2. The van der Waals surface area contributed by atoms with Crippen LogP contribution in [-0.2, 0) is 6.42 Å². The van der Waals surface area contributed by atoms with Gasteiger partial charge in [-0.2, -0.15) is 0 Å². The van der Waals surface area contributed by atoms with Gasteiger partial charge in [0.05, 0.1) is 11.1 Å². The normalized spacial score (nSPS) is 15.5. The number of rotatable bonds is 3. The van der Waals surface area contributed by atoms with Crippen LogP contribution in [0.4, 0.5) is 0 Å². The van der Waals surface area contributed by atoms with E-state index < -0.39 is 5.97 Å². The van der Waals surface area contributed by atoms with E-state index in [4.69, 9.17) is 5.11 Å². The molecule has 3 rings (SSSR count). The van der Waals surface area contributed by atoms with E-state index in [1.165, 1.54) is 12.8 Å². The summed E-state index contributed by atoms with van der Waals surface area (Å²) in [5.74, 6) is 0.732. The number of carboxylic acids is 1. The standard InChI is InChI=1S/C12H12N2O2/c15-12(16)8-2-1-3-9-11(8)14-10(13-9)6-7-4-5-7/h1-3,7H,4-6H2,(H,13,14)(H,15,16). The molecule has 2 aromatic rings. The van der Waals surface area contributed by atoms with Crippen molar-refractivity contribution in [1.82, 2.24) is 9.97 Å². The minimum Gasteiger partial charge on any atom is -0.478 e. The fourth-order valence-corrected chi connectivity index (χ4v) is 1.95. The van der Waals surface area contributed by atoms with Gasteiger partial charge in [-0.25, -0.2) is 9.78 Å². The zero-order valence-corrected chi connectivity index (χ0v) is 8.73. The summed E-state index contributed by atoms with van der Waals surface area (Å²) in [4.78, 5) is 18.6. The Morgan fingerprint density at radius 3 is 3.00 bits per heavy atom. The number of hydrogen-bond donors (Lipinski definition) is 2. The van der Waals surface area contributed by atoms with Gasteiger partial charge in [-0.1, -0.05) is 6.07 Å². The third kappa shape index (κ3) is 1.56. The van der Waals surface area contributed by atoms with E-state index in [0.29, 0.717) is 5.52 Å². The van der Waals surface area contributed by atoms with Gasteiger partial charge < -0.3 is 10.1 Å². The Morgan fingerprint density at radius 2 is 2.31 bits per heavy atom. The first kappa shape index (κ1) is 9.39. The van der Waals surface area contributed by atoms with Crippen LogP contribution in [0.15, 0.2) is 18.2 Å². The van der Waals surface area contributed by atoms with Crippen molar-refractivity contribution in [1.29, 1.82) is 0 Å². The van der Waals surface area contributed by atoms with Crippen LogP contribution in [0.1, 0.15) is 29.0 Å². The molecule has 1 aliphatic rings. The molecule has 16 heavy (non-hydrogen) atoms. The molecule has 0 saturated heterocycles. The molecule has 82 valence electrons. The number of nitrogens with one attached hydrogen (secondary N) is 1. The predicted octanol–water partition coefficient (Wildman–Crippen LogP) is 2.21. The number of nitrogens with zero attached hydrogens (tertiary/aromatic N) is 1. The second-order valence-electron chi connectivity index (χ2n) is 4.34. The second kappa shape index (κ2) is 3.33. The lowest BCUT2D eigenvalue weighted by atomic mass is 10.2. The van der Waals surface area contributed by atoms with Gasteiger partial charge in [0, 0.05) is 6.42 Å². The van der Waals surface area contributed by atoms with Crippen molar-refractivity contribution in [2.45, 2.75) is 19.3 Å². The van der Waals surface area contributed by atoms with Crippen molar-refractivity contribution in [3.8, 4) is 0 Å². The van der Waals surface area contributed by atoms with Crippen molar-refractivity contribution >= 4 is 17.0 Å². The number of para-hydroxylation sites is 1. The highest BCUT2D eigenvalue weighted by Crippen LogP contribution is 2.32. The molecule has 0 unspecified atom stereocenters. The lowest BCUT2D eigenvalue weighted by molar-refractivity contribution is 0.0699. The van der Waals surface area contributed by atoms with Gasteiger partial charge >= 0.3 is 5.97 Å². The van der Waals surface area contributed by atoms with Crippen LogP contribution in [0.2, 0.25) is 0 Å². The SMILES string of the molecule is O=C(O)c1cccc2[nH]c(CC3CC3)nc12. The maximum atomic E-state index is 11.0. The second-order valence-corrected chi connectivity index (χ2v) is 4.34. The van der Waals surface area contributed by atoms with E-state index in [1.54, 1.807) is 12.1 Å². The van der Waals surface area contributed by atoms with Gasteiger partial charge in [0.1, 0.15) is 11.3 Å². The van der Waals surface area contributed by atoms with E-state index >= 15 is 0 Å². The third-order valence-electron chi connectivity index (χ3n) is 2.97. The highest BCUT2D eigenvalue weighted by atomic mass is 16.4. The van der Waals surface area contributed by atoms with Crippen LogP contribution >= 0.6 is 0 Å². The smallest absolute Gasteiger partial charge is 0.337 e. The molecule has 1 saturated carbocycles. The molecule has 1 heterocycles. The fourth-order valence-electron chi connectivity index (χ4n) is 1.95. The number of aromatic amines is 1. The summed E-state index contributed by atoms with van der Waals surface area (Å²) in [6.07, 6.45) is 3.47. The predicted molar refractivity (Wildman–Crippen MR) is 59.5 cm³/mol. The zero-order chi connectivity index (χ0) is 11.1. The maximum absolute atomic E-state index is 11.0. The molecule has 0 spiro atoms. The van der Waals surface area contributed by atoms with Crippen LogP contribution < -0.4 is 0 Å². The minimum atomic E-state index is -0.921. The van der Waals surface area contributed by atoms with Gasteiger partial charge in [-0.05, 0) is 30.9 Å². The van der Waals surface area contributed by atoms with Crippen molar-refractivity contribution in [3.63, 3.8) is 0 Å². The molecule has 2 N–H and O–H groups in total. The van der Waals surface area contributed by atoms with Crippen molar-refractivity contribution in [2.24, 2.45) is 5.92 Å². The zero-order valence-electron chi connectivity index (χ0n) is 8.73. The van der Waals surface area contributed by atoms with E-state index in [1.807, 2.05) is 6.07 Å². The van der Waals surface area contributed by atoms with E-state index in [-0.39, 0.29) is 5.56 Å². The van der Waals surface area contributed by atoms with Crippen LogP contribution in [0.5, 0.6) is 0 Å². The van der Waals surface area contributed by atoms with Gasteiger partial charge in [0.2, 0.25) is 0 Å². The Bertz CT molecular complexity index is 555.